The molecule has 4 heteroatoms. The Morgan fingerprint density at radius 3 is 2.72 bits per heavy atom. The number of nitrogens with two attached hydrogens (primary N) is 1. The van der Waals surface area contributed by atoms with Crippen LogP contribution in [0, 0.1) is 11.7 Å². The van der Waals surface area contributed by atoms with Gasteiger partial charge in [-0.3, -0.25) is 0 Å². The Hall–Kier alpha value is -1.94. The van der Waals surface area contributed by atoms with E-state index in [2.05, 4.69) is 5.32 Å². The highest BCUT2D eigenvalue weighted by Crippen LogP contribution is 2.30. The highest BCUT2D eigenvalue weighted by atomic mass is 32.1. The zero-order valence-electron chi connectivity index (χ0n) is 15.0. The number of halogens is 1. The summed E-state index contributed by atoms with van der Waals surface area (Å²) in [5.74, 6) is 0.459. The summed E-state index contributed by atoms with van der Waals surface area (Å²) in [6, 6.07) is 1.50. The number of hydrogen-bond donors (Lipinski definition) is 2. The summed E-state index contributed by atoms with van der Waals surface area (Å²) in [6.07, 6.45) is 15.8. The Labute approximate surface area is 155 Å². The number of nitrogen functional groups attached to an aromatic ring is 1. The van der Waals surface area contributed by atoms with Gasteiger partial charge in [0, 0.05) is 22.9 Å². The smallest absolute Gasteiger partial charge is 0.132 e. The fourth-order valence-electron chi connectivity index (χ4n) is 3.49. The van der Waals surface area contributed by atoms with E-state index in [1.54, 1.807) is 25.4 Å². The van der Waals surface area contributed by atoms with Crippen LogP contribution in [0.3, 0.4) is 0 Å². The van der Waals surface area contributed by atoms with Crippen LogP contribution in [-0.4, -0.2) is 12.4 Å². The van der Waals surface area contributed by atoms with Crippen molar-refractivity contribution in [3.8, 4) is 0 Å². The predicted molar refractivity (Wildman–Crippen MR) is 112 cm³/mol. The number of anilines is 2. The Kier molecular flexibility index (Phi) is 7.38. The molecule has 0 bridgehead atoms. The van der Waals surface area contributed by atoms with Crippen molar-refractivity contribution in [3.05, 3.63) is 46.1 Å². The molecule has 1 saturated carbocycles. The molecule has 0 aromatic heterocycles. The second-order valence-corrected chi connectivity index (χ2v) is 6.72. The average molecular weight is 359 g/mol. The number of benzene rings is 1. The van der Waals surface area contributed by atoms with E-state index in [0.29, 0.717) is 21.8 Å². The maximum Gasteiger partial charge on any atom is 0.132 e. The Balaban J connectivity index is 2.44. The van der Waals surface area contributed by atoms with Gasteiger partial charge in [-0.25, -0.2) is 4.39 Å². The zero-order chi connectivity index (χ0) is 18.2. The summed E-state index contributed by atoms with van der Waals surface area (Å²) in [5.41, 5.74) is 8.63. The van der Waals surface area contributed by atoms with Crippen molar-refractivity contribution in [3.63, 3.8) is 0 Å². The van der Waals surface area contributed by atoms with Gasteiger partial charge >= 0.3 is 0 Å². The molecule has 2 rings (SSSR count). The fourth-order valence-corrected chi connectivity index (χ4v) is 3.57. The summed E-state index contributed by atoms with van der Waals surface area (Å²) >= 11 is 4.90. The van der Waals surface area contributed by atoms with Crippen molar-refractivity contribution in [2.24, 2.45) is 5.92 Å². The van der Waals surface area contributed by atoms with Crippen LogP contribution in [0.4, 0.5) is 15.8 Å². The van der Waals surface area contributed by atoms with Gasteiger partial charge in [0.15, 0.2) is 0 Å². The van der Waals surface area contributed by atoms with Gasteiger partial charge in [-0.1, -0.05) is 68.3 Å². The molecule has 0 saturated heterocycles. The lowest BCUT2D eigenvalue weighted by molar-refractivity contribution is 0.549. The molecule has 0 spiro atoms. The first kappa shape index (κ1) is 19.4. The first-order valence-electron chi connectivity index (χ1n) is 8.85. The minimum atomic E-state index is -0.271. The summed E-state index contributed by atoms with van der Waals surface area (Å²) in [4.78, 5) is 0. The molecule has 0 amide bonds. The van der Waals surface area contributed by atoms with Gasteiger partial charge in [0.25, 0.3) is 0 Å². The average Bonchev–Trinajstić information content (AvgIpc) is 3.12. The van der Waals surface area contributed by atoms with Gasteiger partial charge in [0.1, 0.15) is 5.82 Å². The van der Waals surface area contributed by atoms with Crippen molar-refractivity contribution >= 4 is 41.1 Å². The molecule has 1 aliphatic carbocycles. The van der Waals surface area contributed by atoms with Crippen molar-refractivity contribution in [2.45, 2.75) is 39.0 Å². The van der Waals surface area contributed by atoms with E-state index in [1.807, 2.05) is 24.3 Å². The van der Waals surface area contributed by atoms with Gasteiger partial charge in [-0.2, -0.15) is 0 Å². The van der Waals surface area contributed by atoms with Crippen LogP contribution < -0.4 is 21.5 Å². The second-order valence-electron chi connectivity index (χ2n) is 6.45. The van der Waals surface area contributed by atoms with Crippen LogP contribution in [0.2, 0.25) is 0 Å². The normalized spacial score (nSPS) is 17.6. The molecule has 0 heterocycles. The number of allylic oxidation sites excluding steroid dienone is 4. The Morgan fingerprint density at radius 1 is 1.40 bits per heavy atom. The molecule has 134 valence electrons. The number of rotatable bonds is 6. The molecular formula is C21H27FN2S. The third kappa shape index (κ3) is 5.02. The first-order valence-corrected chi connectivity index (χ1v) is 9.32. The molecule has 0 atom stereocenters. The lowest BCUT2D eigenvalue weighted by atomic mass is 9.97. The van der Waals surface area contributed by atoms with Crippen LogP contribution in [0.15, 0.2) is 29.9 Å². The van der Waals surface area contributed by atoms with Gasteiger partial charge in [-0.15, -0.1) is 0 Å². The SMILES string of the molecule is C/C=c1/c(F)cc(=CC=C(C=CC=S)CC2CCCC2)c(N)c1NC. The molecule has 1 aromatic rings. The van der Waals surface area contributed by atoms with Crippen molar-refractivity contribution < 1.29 is 4.39 Å². The Bertz CT molecular complexity index is 787. The van der Waals surface area contributed by atoms with E-state index in [1.165, 1.54) is 37.3 Å². The number of nitrogens with one attached hydrogen (secondary N) is 1. The maximum absolute atomic E-state index is 14.3. The molecule has 1 aromatic carbocycles. The minimum absolute atomic E-state index is 0.271. The van der Waals surface area contributed by atoms with Crippen LogP contribution in [-0.2, 0) is 0 Å². The monoisotopic (exact) mass is 358 g/mol. The molecule has 0 aliphatic heterocycles. The zero-order valence-corrected chi connectivity index (χ0v) is 15.8. The van der Waals surface area contributed by atoms with Gasteiger partial charge in [0.05, 0.1) is 11.4 Å². The standard InChI is InChI=1S/C21H27FN2S/c1-3-18-19(22)14-17(20(23)21(18)24-2)11-10-16(9-6-12-25)13-15-7-4-5-8-15/h3,6,9-12,14-15,24H,4-5,7-8,13,23H2,1-2H3/b9-6?,16-10?,17-11?,18-3-. The second kappa shape index (κ2) is 9.52. The highest BCUT2D eigenvalue weighted by molar-refractivity contribution is 7.79. The quantitative estimate of drug-likeness (QED) is 0.348. The molecular weight excluding hydrogens is 331 g/mol. The molecule has 2 nitrogen and oxygen atoms in total. The lowest BCUT2D eigenvalue weighted by Crippen LogP contribution is -2.23. The van der Waals surface area contributed by atoms with Crippen LogP contribution >= 0.6 is 12.2 Å². The van der Waals surface area contributed by atoms with Crippen molar-refractivity contribution in [1.82, 2.24) is 0 Å². The highest BCUT2D eigenvalue weighted by Gasteiger charge is 2.15. The molecule has 3 N–H and O–H groups in total. The van der Waals surface area contributed by atoms with E-state index in [0.717, 1.165) is 12.3 Å². The summed E-state index contributed by atoms with van der Waals surface area (Å²) in [5, 5.41) is 5.81. The van der Waals surface area contributed by atoms with E-state index in [4.69, 9.17) is 18.0 Å². The number of thiocarbonyl (C=S) groups is 1. The summed E-state index contributed by atoms with van der Waals surface area (Å²) < 4.78 is 14.3. The Morgan fingerprint density at radius 2 is 2.12 bits per heavy atom. The largest absolute Gasteiger partial charge is 0.397 e. The van der Waals surface area contributed by atoms with E-state index >= 15 is 0 Å². The molecule has 1 aliphatic rings. The van der Waals surface area contributed by atoms with Gasteiger partial charge in [-0.05, 0) is 30.9 Å². The van der Waals surface area contributed by atoms with Crippen LogP contribution in [0.25, 0.3) is 12.2 Å². The van der Waals surface area contributed by atoms with Crippen LogP contribution in [0.1, 0.15) is 39.0 Å². The van der Waals surface area contributed by atoms with Crippen LogP contribution in [0.5, 0.6) is 0 Å². The van der Waals surface area contributed by atoms with Gasteiger partial charge in [0.2, 0.25) is 0 Å². The van der Waals surface area contributed by atoms with E-state index < -0.39 is 0 Å². The minimum Gasteiger partial charge on any atom is -0.397 e. The first-order chi connectivity index (χ1) is 12.1. The molecule has 1 fully saturated rings. The molecule has 0 radical (unpaired) electrons. The van der Waals surface area contributed by atoms with Gasteiger partial charge < -0.3 is 11.1 Å². The van der Waals surface area contributed by atoms with E-state index in [9.17, 15) is 4.39 Å². The number of hydrogen-bond acceptors (Lipinski definition) is 3. The van der Waals surface area contributed by atoms with Crippen molar-refractivity contribution in [2.75, 3.05) is 18.1 Å². The van der Waals surface area contributed by atoms with E-state index in [-0.39, 0.29) is 5.82 Å². The third-order valence-corrected chi connectivity index (χ3v) is 4.95. The molecule has 0 unspecified atom stereocenters. The maximum atomic E-state index is 14.3. The topological polar surface area (TPSA) is 38.0 Å². The lowest BCUT2D eigenvalue weighted by Gasteiger charge is -2.10. The fraction of sp³-hybridized carbons (Fsp3) is 0.381. The molecule has 25 heavy (non-hydrogen) atoms. The predicted octanol–water partition coefficient (Wildman–Crippen LogP) is 4.09. The summed E-state index contributed by atoms with van der Waals surface area (Å²) in [7, 11) is 1.76. The third-order valence-electron chi connectivity index (χ3n) is 4.79. The summed E-state index contributed by atoms with van der Waals surface area (Å²) in [6.45, 7) is 1.80. The van der Waals surface area contributed by atoms with Crippen molar-refractivity contribution in [1.29, 1.82) is 0 Å².